The minimum absolute atomic E-state index is 0.638. The van der Waals surface area contributed by atoms with Crippen LogP contribution < -0.4 is 0 Å². The van der Waals surface area contributed by atoms with Gasteiger partial charge in [-0.05, 0) is 97.0 Å². The quantitative estimate of drug-likeness (QED) is 0.158. The van der Waals surface area contributed by atoms with Crippen LogP contribution in [0.1, 0.15) is 0 Å². The molecule has 0 aliphatic carbocycles. The lowest BCUT2D eigenvalue weighted by atomic mass is 9.88. The molecule has 0 N–H and O–H groups in total. The molecular weight excluding hydrogens is 741 g/mol. The van der Waals surface area contributed by atoms with Gasteiger partial charge in [-0.1, -0.05) is 176 Å². The van der Waals surface area contributed by atoms with E-state index < -0.39 is 0 Å². The number of rotatable bonds is 6. The molecule has 0 bridgehead atoms. The van der Waals surface area contributed by atoms with Gasteiger partial charge in [0.15, 0.2) is 17.5 Å². The van der Waals surface area contributed by atoms with Gasteiger partial charge in [0.25, 0.3) is 0 Å². The molecule has 12 rings (SSSR count). The van der Waals surface area contributed by atoms with E-state index in [0.717, 1.165) is 27.9 Å². The number of aromatic nitrogens is 4. The first-order valence-electron chi connectivity index (χ1n) is 20.7. The third kappa shape index (κ3) is 5.88. The van der Waals surface area contributed by atoms with Crippen molar-refractivity contribution in [2.45, 2.75) is 0 Å². The highest BCUT2D eigenvalue weighted by molar-refractivity contribution is 6.29. The van der Waals surface area contributed by atoms with Crippen molar-refractivity contribution in [2.75, 3.05) is 0 Å². The third-order valence-corrected chi connectivity index (χ3v) is 12.0. The zero-order chi connectivity index (χ0) is 40.3. The lowest BCUT2D eigenvalue weighted by molar-refractivity contribution is 1.07. The number of hydrogen-bond acceptors (Lipinski definition) is 3. The molecule has 0 fully saturated rings. The Bertz CT molecular complexity index is 3570. The lowest BCUT2D eigenvalue weighted by Gasteiger charge is -2.16. The Morgan fingerprint density at radius 3 is 1.44 bits per heavy atom. The molecule has 2 heterocycles. The van der Waals surface area contributed by atoms with Crippen LogP contribution in [0.4, 0.5) is 0 Å². The van der Waals surface area contributed by atoms with Crippen LogP contribution in [0.25, 0.3) is 116 Å². The molecule has 0 radical (unpaired) electrons. The van der Waals surface area contributed by atoms with Gasteiger partial charge in [0.05, 0.1) is 11.0 Å². The Labute approximate surface area is 352 Å². The summed E-state index contributed by atoms with van der Waals surface area (Å²) in [4.78, 5) is 15.0. The van der Waals surface area contributed by atoms with Crippen molar-refractivity contribution in [1.29, 1.82) is 0 Å². The fourth-order valence-electron chi connectivity index (χ4n) is 9.20. The summed E-state index contributed by atoms with van der Waals surface area (Å²) in [6.45, 7) is 0. The topological polar surface area (TPSA) is 43.6 Å². The van der Waals surface area contributed by atoms with Gasteiger partial charge in [-0.3, -0.25) is 0 Å². The summed E-state index contributed by atoms with van der Waals surface area (Å²) in [6, 6.07) is 77.7. The van der Waals surface area contributed by atoms with Crippen molar-refractivity contribution >= 4 is 54.1 Å². The second kappa shape index (κ2) is 14.3. The van der Waals surface area contributed by atoms with Crippen LogP contribution in [0.3, 0.4) is 0 Å². The summed E-state index contributed by atoms with van der Waals surface area (Å²) in [5.74, 6) is 1.93. The summed E-state index contributed by atoms with van der Waals surface area (Å²) in [5, 5.41) is 9.88. The molecular formula is C57H36N4. The first-order chi connectivity index (χ1) is 30.2. The van der Waals surface area contributed by atoms with Gasteiger partial charge < -0.3 is 4.57 Å². The first-order valence-corrected chi connectivity index (χ1v) is 20.7. The lowest BCUT2D eigenvalue weighted by Crippen LogP contribution is -2.00. The van der Waals surface area contributed by atoms with Crippen molar-refractivity contribution in [3.05, 3.63) is 218 Å². The number of nitrogens with zero attached hydrogens (tertiary/aromatic N) is 4. The molecule has 0 saturated carbocycles. The SMILES string of the molecule is c1ccc(-c2nc(-c3ccccc3)nc(-c3cccc(-c4cccc5c6ccccc6c6cc(-c7ccc8c(c7)c7ccccc7n8-c7ccccc7)ccc6c45)c3)n2)cc1. The summed E-state index contributed by atoms with van der Waals surface area (Å²) < 4.78 is 2.37. The van der Waals surface area contributed by atoms with Crippen LogP contribution in [0, 0.1) is 0 Å². The standard InChI is InChI=1S/C57H36N4/c1-4-16-37(17-5-1)55-58-56(38-18-6-2-7-19-38)60-57(59-55)42-21-14-20-41(34-42)44-27-15-28-48-45-24-10-11-25-46(45)50-35-39(30-32-49(50)54(44)48)40-31-33-53-51(36-40)47-26-12-13-29-52(47)61(53)43-22-8-3-9-23-43/h1-36H. The second-order valence-electron chi connectivity index (χ2n) is 15.6. The maximum atomic E-state index is 5.05. The van der Waals surface area contributed by atoms with Crippen molar-refractivity contribution in [2.24, 2.45) is 0 Å². The molecule has 12 aromatic rings. The van der Waals surface area contributed by atoms with E-state index in [1.54, 1.807) is 0 Å². The Balaban J connectivity index is 1.03. The highest BCUT2D eigenvalue weighted by Gasteiger charge is 2.18. The summed E-state index contributed by atoms with van der Waals surface area (Å²) in [5.41, 5.74) is 11.0. The number of benzene rings is 10. The molecule has 2 aromatic heterocycles. The Kier molecular flexibility index (Phi) is 8.13. The molecule has 0 unspecified atom stereocenters. The molecule has 4 heteroatoms. The Hall–Kier alpha value is -8.21. The normalized spacial score (nSPS) is 11.6. The van der Waals surface area contributed by atoms with Crippen LogP contribution in [0.2, 0.25) is 0 Å². The van der Waals surface area contributed by atoms with E-state index in [1.807, 2.05) is 60.7 Å². The van der Waals surface area contributed by atoms with E-state index in [1.165, 1.54) is 70.8 Å². The van der Waals surface area contributed by atoms with E-state index in [9.17, 15) is 0 Å². The predicted octanol–water partition coefficient (Wildman–Crippen LogP) is 14.8. The van der Waals surface area contributed by atoms with Crippen LogP contribution in [-0.4, -0.2) is 19.5 Å². The number of fused-ring (bicyclic) bond motifs is 9. The molecule has 10 aromatic carbocycles. The minimum atomic E-state index is 0.638. The predicted molar refractivity (Wildman–Crippen MR) is 254 cm³/mol. The minimum Gasteiger partial charge on any atom is -0.309 e. The van der Waals surface area contributed by atoms with Gasteiger partial charge in [0, 0.05) is 33.2 Å². The van der Waals surface area contributed by atoms with E-state index in [0.29, 0.717) is 17.5 Å². The molecule has 0 amide bonds. The summed E-state index contributed by atoms with van der Waals surface area (Å²) >= 11 is 0. The van der Waals surface area contributed by atoms with E-state index in [4.69, 9.17) is 15.0 Å². The van der Waals surface area contributed by atoms with Crippen molar-refractivity contribution < 1.29 is 0 Å². The average Bonchev–Trinajstić information content (AvgIpc) is 3.68. The largest absolute Gasteiger partial charge is 0.309 e. The monoisotopic (exact) mass is 776 g/mol. The zero-order valence-corrected chi connectivity index (χ0v) is 33.1. The third-order valence-electron chi connectivity index (χ3n) is 12.0. The van der Waals surface area contributed by atoms with Crippen LogP contribution in [0.5, 0.6) is 0 Å². The molecule has 0 spiro atoms. The molecule has 284 valence electrons. The first kappa shape index (κ1) is 34.8. The molecule has 4 nitrogen and oxygen atoms in total. The summed E-state index contributed by atoms with van der Waals surface area (Å²) in [6.07, 6.45) is 0. The maximum absolute atomic E-state index is 5.05. The fourth-order valence-corrected chi connectivity index (χ4v) is 9.20. The van der Waals surface area contributed by atoms with E-state index >= 15 is 0 Å². The highest BCUT2D eigenvalue weighted by atomic mass is 15.0. The number of para-hydroxylation sites is 2. The van der Waals surface area contributed by atoms with Crippen molar-refractivity contribution in [3.63, 3.8) is 0 Å². The zero-order valence-electron chi connectivity index (χ0n) is 33.1. The van der Waals surface area contributed by atoms with Crippen LogP contribution >= 0.6 is 0 Å². The molecule has 0 saturated heterocycles. The van der Waals surface area contributed by atoms with Gasteiger partial charge >= 0.3 is 0 Å². The molecule has 0 atom stereocenters. The van der Waals surface area contributed by atoms with Crippen molar-refractivity contribution in [1.82, 2.24) is 19.5 Å². The molecule has 0 aliphatic rings. The Morgan fingerprint density at radius 2 is 0.738 bits per heavy atom. The van der Waals surface area contributed by atoms with Gasteiger partial charge in [0.2, 0.25) is 0 Å². The highest BCUT2D eigenvalue weighted by Crippen LogP contribution is 2.43. The van der Waals surface area contributed by atoms with Gasteiger partial charge in [-0.2, -0.15) is 0 Å². The average molecular weight is 777 g/mol. The summed E-state index contributed by atoms with van der Waals surface area (Å²) in [7, 11) is 0. The second-order valence-corrected chi connectivity index (χ2v) is 15.6. The molecule has 61 heavy (non-hydrogen) atoms. The van der Waals surface area contributed by atoms with E-state index in [2.05, 4.69) is 162 Å². The van der Waals surface area contributed by atoms with Gasteiger partial charge in [0.1, 0.15) is 0 Å². The maximum Gasteiger partial charge on any atom is 0.164 e. The van der Waals surface area contributed by atoms with Gasteiger partial charge in [-0.25, -0.2) is 15.0 Å². The van der Waals surface area contributed by atoms with E-state index in [-0.39, 0.29) is 0 Å². The van der Waals surface area contributed by atoms with Gasteiger partial charge in [-0.15, -0.1) is 0 Å². The van der Waals surface area contributed by atoms with Crippen molar-refractivity contribution in [3.8, 4) is 62.1 Å². The molecule has 0 aliphatic heterocycles. The number of hydrogen-bond donors (Lipinski definition) is 0. The fraction of sp³-hybridized carbons (Fsp3) is 0. The van der Waals surface area contributed by atoms with Crippen LogP contribution in [0.15, 0.2) is 218 Å². The smallest absolute Gasteiger partial charge is 0.164 e. The Morgan fingerprint density at radius 1 is 0.262 bits per heavy atom. The van der Waals surface area contributed by atoms with Crippen LogP contribution in [-0.2, 0) is 0 Å².